The van der Waals surface area contributed by atoms with Crippen molar-refractivity contribution in [2.45, 2.75) is 0 Å². The monoisotopic (exact) mass is 365 g/mol. The van der Waals surface area contributed by atoms with Crippen LogP contribution in [0.5, 0.6) is 0 Å². The minimum Gasteiger partial charge on any atom is -0.298 e. The molecule has 3 aromatic rings. The Balaban J connectivity index is 1.76. The minimum absolute atomic E-state index is 0.154. The van der Waals surface area contributed by atoms with Crippen LogP contribution in [0.2, 0.25) is 0 Å². The third kappa shape index (κ3) is 2.95. The number of pyridine rings is 1. The van der Waals surface area contributed by atoms with Crippen LogP contribution in [0.25, 0.3) is 11.3 Å². The molecule has 0 saturated carbocycles. The highest BCUT2D eigenvalue weighted by Crippen LogP contribution is 2.25. The average molecular weight is 366 g/mol. The molecule has 0 aliphatic rings. The molecule has 3 heterocycles. The molecule has 0 aromatic carbocycles. The summed E-state index contributed by atoms with van der Waals surface area (Å²) in [7, 11) is 0. The number of carbonyl (C=O) groups is 1. The first-order valence-electron chi connectivity index (χ1n) is 5.64. The lowest BCUT2D eigenvalue weighted by Gasteiger charge is -1.98. The van der Waals surface area contributed by atoms with Crippen LogP contribution >= 0.6 is 38.6 Å². The van der Waals surface area contributed by atoms with Gasteiger partial charge in [0.25, 0.3) is 5.91 Å². The number of thiophene rings is 1. The van der Waals surface area contributed by atoms with E-state index >= 15 is 0 Å². The molecule has 0 aliphatic heterocycles. The second kappa shape index (κ2) is 5.82. The summed E-state index contributed by atoms with van der Waals surface area (Å²) in [5.74, 6) is -0.154. The fourth-order valence-corrected chi connectivity index (χ4v) is 3.43. The highest BCUT2D eigenvalue weighted by molar-refractivity contribution is 9.11. The molecule has 0 spiro atoms. The molecule has 0 saturated heterocycles. The van der Waals surface area contributed by atoms with Crippen molar-refractivity contribution in [1.29, 1.82) is 0 Å². The zero-order valence-corrected chi connectivity index (χ0v) is 13.3. The summed E-state index contributed by atoms with van der Waals surface area (Å²) in [6, 6.07) is 5.58. The quantitative estimate of drug-likeness (QED) is 0.753. The number of nitrogens with one attached hydrogen (secondary N) is 1. The largest absolute Gasteiger partial charge is 0.298 e. The summed E-state index contributed by atoms with van der Waals surface area (Å²) >= 11 is 6.21. The second-order valence-corrected chi connectivity index (χ2v) is 7.02. The maximum absolute atomic E-state index is 12.0. The van der Waals surface area contributed by atoms with Crippen molar-refractivity contribution >= 4 is 49.6 Å². The van der Waals surface area contributed by atoms with Gasteiger partial charge in [-0.25, -0.2) is 4.98 Å². The van der Waals surface area contributed by atoms with Gasteiger partial charge in [-0.2, -0.15) is 0 Å². The Hall–Kier alpha value is -1.57. The number of hydrogen-bond acceptors (Lipinski definition) is 5. The van der Waals surface area contributed by atoms with Gasteiger partial charge in [-0.15, -0.1) is 22.7 Å². The summed E-state index contributed by atoms with van der Waals surface area (Å²) in [4.78, 5) is 20.4. The molecule has 0 aliphatic carbocycles. The van der Waals surface area contributed by atoms with Gasteiger partial charge in [-0.1, -0.05) is 0 Å². The SMILES string of the molecule is O=C(Nc1nc(-c2cccnc2)cs1)c1csc(Br)c1. The molecule has 0 unspecified atom stereocenters. The number of nitrogens with zero attached hydrogens (tertiary/aromatic N) is 2. The molecular weight excluding hydrogens is 358 g/mol. The molecule has 20 heavy (non-hydrogen) atoms. The number of amides is 1. The highest BCUT2D eigenvalue weighted by Gasteiger charge is 2.11. The minimum atomic E-state index is -0.154. The van der Waals surface area contributed by atoms with Crippen molar-refractivity contribution in [2.24, 2.45) is 0 Å². The maximum atomic E-state index is 12.0. The predicted octanol–water partition coefficient (Wildman–Crippen LogP) is 4.28. The van der Waals surface area contributed by atoms with Gasteiger partial charge in [0, 0.05) is 28.7 Å². The Bertz CT molecular complexity index is 739. The number of aromatic nitrogens is 2. The third-order valence-corrected chi connectivity index (χ3v) is 4.77. The van der Waals surface area contributed by atoms with Crippen molar-refractivity contribution in [3.05, 3.63) is 50.7 Å². The number of carbonyl (C=O) groups excluding carboxylic acids is 1. The second-order valence-electron chi connectivity index (χ2n) is 3.87. The van der Waals surface area contributed by atoms with Crippen molar-refractivity contribution in [3.8, 4) is 11.3 Å². The van der Waals surface area contributed by atoms with E-state index in [4.69, 9.17) is 0 Å². The van der Waals surface area contributed by atoms with E-state index < -0.39 is 0 Å². The van der Waals surface area contributed by atoms with Crippen LogP contribution in [0, 0.1) is 0 Å². The van der Waals surface area contributed by atoms with Gasteiger partial charge in [-0.05, 0) is 34.1 Å². The van der Waals surface area contributed by atoms with Crippen molar-refractivity contribution in [3.63, 3.8) is 0 Å². The Morgan fingerprint density at radius 3 is 2.90 bits per heavy atom. The topological polar surface area (TPSA) is 54.9 Å². The van der Waals surface area contributed by atoms with Crippen LogP contribution in [0.15, 0.2) is 45.1 Å². The van der Waals surface area contributed by atoms with Gasteiger partial charge in [0.15, 0.2) is 5.13 Å². The number of anilines is 1. The lowest BCUT2D eigenvalue weighted by atomic mass is 10.2. The smallest absolute Gasteiger partial charge is 0.258 e. The summed E-state index contributed by atoms with van der Waals surface area (Å²) in [6.45, 7) is 0. The summed E-state index contributed by atoms with van der Waals surface area (Å²) in [6.07, 6.45) is 3.46. The molecule has 7 heteroatoms. The predicted molar refractivity (Wildman–Crippen MR) is 85.3 cm³/mol. The van der Waals surface area contributed by atoms with Crippen LogP contribution in [0.4, 0.5) is 5.13 Å². The zero-order valence-electron chi connectivity index (χ0n) is 10.0. The van der Waals surface area contributed by atoms with Gasteiger partial charge in [0.2, 0.25) is 0 Å². The Morgan fingerprint density at radius 1 is 1.30 bits per heavy atom. The first-order chi connectivity index (χ1) is 9.72. The first kappa shape index (κ1) is 13.4. The van der Waals surface area contributed by atoms with E-state index in [1.165, 1.54) is 22.7 Å². The standard InChI is InChI=1S/C13H8BrN3OS2/c14-11-4-9(6-19-11)12(18)17-13-16-10(7-20-13)8-2-1-3-15-5-8/h1-7H,(H,16,17,18). The normalized spacial score (nSPS) is 10.4. The lowest BCUT2D eigenvalue weighted by molar-refractivity contribution is 0.102. The van der Waals surface area contributed by atoms with Gasteiger partial charge in [0.1, 0.15) is 0 Å². The lowest BCUT2D eigenvalue weighted by Crippen LogP contribution is -2.10. The van der Waals surface area contributed by atoms with Crippen molar-refractivity contribution in [1.82, 2.24) is 9.97 Å². The third-order valence-electron chi connectivity index (χ3n) is 2.51. The summed E-state index contributed by atoms with van der Waals surface area (Å²) in [5, 5.41) is 7.07. The number of thiazole rings is 1. The summed E-state index contributed by atoms with van der Waals surface area (Å²) in [5.41, 5.74) is 2.37. The molecule has 3 aromatic heterocycles. The molecule has 4 nitrogen and oxygen atoms in total. The first-order valence-corrected chi connectivity index (χ1v) is 8.19. The summed E-state index contributed by atoms with van der Waals surface area (Å²) < 4.78 is 0.929. The Labute approximate surface area is 131 Å². The van der Waals surface area contributed by atoms with Gasteiger partial charge in [0.05, 0.1) is 15.0 Å². The zero-order chi connectivity index (χ0) is 13.9. The molecule has 1 N–H and O–H groups in total. The maximum Gasteiger partial charge on any atom is 0.258 e. The molecule has 0 bridgehead atoms. The van der Waals surface area contributed by atoms with Crippen LogP contribution in [0.3, 0.4) is 0 Å². The van der Waals surface area contributed by atoms with E-state index in [0.29, 0.717) is 10.7 Å². The van der Waals surface area contributed by atoms with Crippen LogP contribution in [-0.2, 0) is 0 Å². The highest BCUT2D eigenvalue weighted by atomic mass is 79.9. The molecule has 3 rings (SSSR count). The number of hydrogen-bond donors (Lipinski definition) is 1. The number of halogens is 1. The molecule has 0 radical (unpaired) electrons. The van der Waals surface area contributed by atoms with Gasteiger partial charge < -0.3 is 0 Å². The molecule has 100 valence electrons. The van der Waals surface area contributed by atoms with Crippen molar-refractivity contribution < 1.29 is 4.79 Å². The van der Waals surface area contributed by atoms with E-state index in [1.54, 1.807) is 23.8 Å². The van der Waals surface area contributed by atoms with Crippen molar-refractivity contribution in [2.75, 3.05) is 5.32 Å². The van der Waals surface area contributed by atoms with E-state index in [2.05, 4.69) is 31.2 Å². The fourth-order valence-electron chi connectivity index (χ4n) is 1.58. The van der Waals surface area contributed by atoms with E-state index in [-0.39, 0.29) is 5.91 Å². The van der Waals surface area contributed by atoms with Gasteiger partial charge >= 0.3 is 0 Å². The molecule has 0 fully saturated rings. The van der Waals surface area contributed by atoms with Crippen LogP contribution < -0.4 is 5.32 Å². The molecular formula is C13H8BrN3OS2. The molecule has 0 atom stereocenters. The van der Waals surface area contributed by atoms with Crippen LogP contribution in [0.1, 0.15) is 10.4 Å². The van der Waals surface area contributed by atoms with E-state index in [0.717, 1.165) is 15.0 Å². The molecule has 1 amide bonds. The van der Waals surface area contributed by atoms with E-state index in [1.807, 2.05) is 17.5 Å². The van der Waals surface area contributed by atoms with Crippen LogP contribution in [-0.4, -0.2) is 15.9 Å². The Morgan fingerprint density at radius 2 is 2.20 bits per heavy atom. The van der Waals surface area contributed by atoms with Gasteiger partial charge in [-0.3, -0.25) is 15.1 Å². The average Bonchev–Trinajstić information content (AvgIpc) is 3.09. The number of rotatable bonds is 3. The Kier molecular flexibility index (Phi) is 3.90. The van der Waals surface area contributed by atoms with E-state index in [9.17, 15) is 4.79 Å². The fraction of sp³-hybridized carbons (Fsp3) is 0.